The lowest BCUT2D eigenvalue weighted by atomic mass is 10.1. The number of nitrogen functional groups attached to an aromatic ring is 1. The molecule has 0 saturated carbocycles. The zero-order valence-electron chi connectivity index (χ0n) is 12.9. The summed E-state index contributed by atoms with van der Waals surface area (Å²) in [5.41, 5.74) is 7.98. The van der Waals surface area contributed by atoms with Crippen molar-refractivity contribution in [3.8, 4) is 0 Å². The van der Waals surface area contributed by atoms with E-state index in [0.29, 0.717) is 5.82 Å². The summed E-state index contributed by atoms with van der Waals surface area (Å²) in [5, 5.41) is 0. The third kappa shape index (κ3) is 3.74. The van der Waals surface area contributed by atoms with Crippen LogP contribution in [0.5, 0.6) is 0 Å². The minimum atomic E-state index is 0.227. The minimum Gasteiger partial charge on any atom is -0.384 e. The molecule has 1 aliphatic heterocycles. The van der Waals surface area contributed by atoms with Crippen LogP contribution in [-0.2, 0) is 11.2 Å². The van der Waals surface area contributed by atoms with Crippen LogP contribution >= 0.6 is 0 Å². The van der Waals surface area contributed by atoms with Gasteiger partial charge in [0.1, 0.15) is 11.6 Å². The highest BCUT2D eigenvalue weighted by molar-refractivity contribution is 5.39. The molecular weight excluding hydrogens is 276 g/mol. The van der Waals surface area contributed by atoms with E-state index in [9.17, 15) is 0 Å². The summed E-state index contributed by atoms with van der Waals surface area (Å²) in [6.07, 6.45) is 3.92. The maximum absolute atomic E-state index is 5.90. The van der Waals surface area contributed by atoms with Crippen LogP contribution in [0.15, 0.2) is 36.5 Å². The maximum Gasteiger partial charge on any atom is 0.128 e. The van der Waals surface area contributed by atoms with E-state index >= 15 is 0 Å². The number of aryl methyl sites for hydroxylation is 2. The Bertz CT molecular complexity index is 632. The lowest BCUT2D eigenvalue weighted by Crippen LogP contribution is -2.43. The molecule has 0 spiro atoms. The van der Waals surface area contributed by atoms with Gasteiger partial charge in [0.2, 0.25) is 0 Å². The van der Waals surface area contributed by atoms with Crippen molar-refractivity contribution in [2.75, 3.05) is 30.3 Å². The molecule has 1 aliphatic rings. The molecule has 0 amide bonds. The summed E-state index contributed by atoms with van der Waals surface area (Å²) in [4.78, 5) is 10.9. The molecule has 2 aromatic heterocycles. The number of nitrogens with two attached hydrogens (primary N) is 1. The van der Waals surface area contributed by atoms with Gasteiger partial charge in [-0.05, 0) is 49.6 Å². The van der Waals surface area contributed by atoms with Gasteiger partial charge in [0.15, 0.2) is 0 Å². The topological polar surface area (TPSA) is 64.3 Å². The summed E-state index contributed by atoms with van der Waals surface area (Å²) in [7, 11) is 0. The molecule has 0 bridgehead atoms. The Morgan fingerprint density at radius 3 is 3.09 bits per heavy atom. The van der Waals surface area contributed by atoms with Crippen molar-refractivity contribution >= 4 is 11.6 Å². The van der Waals surface area contributed by atoms with Gasteiger partial charge in [-0.25, -0.2) is 9.97 Å². The molecule has 3 heterocycles. The zero-order chi connectivity index (χ0) is 15.4. The molecule has 2 N–H and O–H groups in total. The Labute approximate surface area is 131 Å². The van der Waals surface area contributed by atoms with Crippen molar-refractivity contribution < 1.29 is 4.74 Å². The lowest BCUT2D eigenvalue weighted by molar-refractivity contribution is 0.0352. The fourth-order valence-electron chi connectivity index (χ4n) is 2.78. The van der Waals surface area contributed by atoms with Crippen molar-refractivity contribution in [3.63, 3.8) is 0 Å². The van der Waals surface area contributed by atoms with Gasteiger partial charge in [0.05, 0.1) is 12.7 Å². The molecule has 0 radical (unpaired) electrons. The molecule has 5 heteroatoms. The van der Waals surface area contributed by atoms with Gasteiger partial charge in [-0.3, -0.25) is 0 Å². The van der Waals surface area contributed by atoms with E-state index in [-0.39, 0.29) is 6.10 Å². The van der Waals surface area contributed by atoms with E-state index in [2.05, 4.69) is 27.0 Å². The van der Waals surface area contributed by atoms with Crippen LogP contribution in [0.25, 0.3) is 0 Å². The maximum atomic E-state index is 5.90. The molecule has 1 atom stereocenters. The van der Waals surface area contributed by atoms with Crippen molar-refractivity contribution in [2.45, 2.75) is 25.9 Å². The number of hydrogen-bond acceptors (Lipinski definition) is 5. The summed E-state index contributed by atoms with van der Waals surface area (Å²) in [6, 6.07) is 10.1. The van der Waals surface area contributed by atoms with Gasteiger partial charge in [0.25, 0.3) is 0 Å². The van der Waals surface area contributed by atoms with E-state index in [1.807, 2.05) is 25.1 Å². The van der Waals surface area contributed by atoms with E-state index in [0.717, 1.165) is 44.0 Å². The van der Waals surface area contributed by atoms with Crippen LogP contribution in [0.4, 0.5) is 11.6 Å². The average Bonchev–Trinajstić information content (AvgIpc) is 2.53. The Hall–Kier alpha value is -2.14. The predicted octanol–water partition coefficient (Wildman–Crippen LogP) is 2.21. The number of aromatic nitrogens is 2. The van der Waals surface area contributed by atoms with Crippen molar-refractivity contribution in [2.24, 2.45) is 0 Å². The first-order chi connectivity index (χ1) is 10.7. The SMILES string of the molecule is Cc1cccc(N2CCOC(CCc3ccnc(N)c3)C2)n1. The molecule has 22 heavy (non-hydrogen) atoms. The smallest absolute Gasteiger partial charge is 0.128 e. The first kappa shape index (κ1) is 14.8. The summed E-state index contributed by atoms with van der Waals surface area (Å²) < 4.78 is 5.90. The summed E-state index contributed by atoms with van der Waals surface area (Å²) in [6.45, 7) is 4.56. The second-order valence-electron chi connectivity index (χ2n) is 5.70. The molecule has 1 saturated heterocycles. The highest BCUT2D eigenvalue weighted by Gasteiger charge is 2.21. The quantitative estimate of drug-likeness (QED) is 0.937. The van der Waals surface area contributed by atoms with Crippen molar-refractivity contribution in [3.05, 3.63) is 47.8 Å². The van der Waals surface area contributed by atoms with Crippen LogP contribution < -0.4 is 10.6 Å². The first-order valence-electron chi connectivity index (χ1n) is 7.71. The van der Waals surface area contributed by atoms with Gasteiger partial charge < -0.3 is 15.4 Å². The second kappa shape index (κ2) is 6.75. The van der Waals surface area contributed by atoms with Gasteiger partial charge in [-0.1, -0.05) is 6.07 Å². The number of morpholine rings is 1. The van der Waals surface area contributed by atoms with Crippen LogP contribution in [0.2, 0.25) is 0 Å². The average molecular weight is 298 g/mol. The molecule has 0 aromatic carbocycles. The van der Waals surface area contributed by atoms with Gasteiger partial charge >= 0.3 is 0 Å². The number of rotatable bonds is 4. The molecule has 5 nitrogen and oxygen atoms in total. The van der Waals surface area contributed by atoms with Crippen molar-refractivity contribution in [1.29, 1.82) is 0 Å². The molecule has 1 unspecified atom stereocenters. The lowest BCUT2D eigenvalue weighted by Gasteiger charge is -2.34. The Morgan fingerprint density at radius 2 is 2.27 bits per heavy atom. The number of hydrogen-bond donors (Lipinski definition) is 1. The third-order valence-corrected chi connectivity index (χ3v) is 3.94. The number of anilines is 2. The molecule has 116 valence electrons. The van der Waals surface area contributed by atoms with Gasteiger partial charge in [0, 0.05) is 25.0 Å². The van der Waals surface area contributed by atoms with Crippen LogP contribution in [0.3, 0.4) is 0 Å². The molecule has 0 aliphatic carbocycles. The Kier molecular flexibility index (Phi) is 4.53. The van der Waals surface area contributed by atoms with Gasteiger partial charge in [-0.15, -0.1) is 0 Å². The first-order valence-corrected chi connectivity index (χ1v) is 7.71. The summed E-state index contributed by atoms with van der Waals surface area (Å²) in [5.74, 6) is 1.62. The Balaban J connectivity index is 1.59. The number of pyridine rings is 2. The highest BCUT2D eigenvalue weighted by Crippen LogP contribution is 2.18. The zero-order valence-corrected chi connectivity index (χ0v) is 12.9. The standard InChI is InChI=1S/C17H22N4O/c1-13-3-2-4-17(20-13)21-9-10-22-15(12-21)6-5-14-7-8-19-16(18)11-14/h2-4,7-8,11,15H,5-6,9-10,12H2,1H3,(H2,18,19). The largest absolute Gasteiger partial charge is 0.384 e. The van der Waals surface area contributed by atoms with Crippen LogP contribution in [0.1, 0.15) is 17.7 Å². The van der Waals surface area contributed by atoms with Gasteiger partial charge in [-0.2, -0.15) is 0 Å². The third-order valence-electron chi connectivity index (χ3n) is 3.94. The molecule has 3 rings (SSSR count). The van der Waals surface area contributed by atoms with E-state index in [1.165, 1.54) is 5.56 Å². The fourth-order valence-corrected chi connectivity index (χ4v) is 2.78. The number of ether oxygens (including phenoxy) is 1. The van der Waals surface area contributed by atoms with Crippen LogP contribution in [0, 0.1) is 6.92 Å². The van der Waals surface area contributed by atoms with Crippen LogP contribution in [-0.4, -0.2) is 35.8 Å². The fraction of sp³-hybridized carbons (Fsp3) is 0.412. The van der Waals surface area contributed by atoms with E-state index in [1.54, 1.807) is 6.20 Å². The summed E-state index contributed by atoms with van der Waals surface area (Å²) >= 11 is 0. The number of nitrogens with zero attached hydrogens (tertiary/aromatic N) is 3. The normalized spacial score (nSPS) is 18.4. The second-order valence-corrected chi connectivity index (χ2v) is 5.70. The predicted molar refractivity (Wildman–Crippen MR) is 87.9 cm³/mol. The molecule has 2 aromatic rings. The highest BCUT2D eigenvalue weighted by atomic mass is 16.5. The molecule has 1 fully saturated rings. The van der Waals surface area contributed by atoms with E-state index in [4.69, 9.17) is 10.5 Å². The monoisotopic (exact) mass is 298 g/mol. The molecular formula is C17H22N4O. The Morgan fingerprint density at radius 1 is 1.36 bits per heavy atom. The van der Waals surface area contributed by atoms with E-state index < -0.39 is 0 Å². The van der Waals surface area contributed by atoms with Crippen molar-refractivity contribution in [1.82, 2.24) is 9.97 Å². The minimum absolute atomic E-state index is 0.227.